The zero-order chi connectivity index (χ0) is 15.0. The molecule has 0 spiro atoms. The third-order valence-electron chi connectivity index (χ3n) is 3.60. The Hall–Kier alpha value is -1.44. The summed E-state index contributed by atoms with van der Waals surface area (Å²) in [4.78, 5) is 19.5. The van der Waals surface area contributed by atoms with Gasteiger partial charge in [0.25, 0.3) is 5.92 Å². The maximum atomic E-state index is 13.1. The maximum Gasteiger partial charge on any atom is 0.262 e. The van der Waals surface area contributed by atoms with E-state index in [0.29, 0.717) is 5.82 Å². The standard InChI is InChI=1S/C14H16F2N4O.2ClH/c1-8(12-19-9-4-2-3-5-10(9)20-12)18-13(21)11-6-14(15,16)7-17-11;;/h2-5,8,11,17H,6-7H2,1H3,(H,18,21)(H,19,20);2*1H. The number of nitrogens with one attached hydrogen (secondary N) is 3. The highest BCUT2D eigenvalue weighted by atomic mass is 35.5. The van der Waals surface area contributed by atoms with E-state index in [1.54, 1.807) is 6.92 Å². The first kappa shape index (κ1) is 19.6. The Balaban J connectivity index is 0.00000132. The number of alkyl halides is 2. The van der Waals surface area contributed by atoms with Crippen molar-refractivity contribution in [3.63, 3.8) is 0 Å². The fourth-order valence-electron chi connectivity index (χ4n) is 2.46. The normalized spacial score (nSPS) is 20.4. The van der Waals surface area contributed by atoms with E-state index in [-0.39, 0.29) is 30.9 Å². The third-order valence-corrected chi connectivity index (χ3v) is 3.60. The Bertz CT molecular complexity index is 647. The molecule has 1 fully saturated rings. The number of H-pyrrole nitrogens is 1. The highest BCUT2D eigenvalue weighted by Crippen LogP contribution is 2.25. The largest absolute Gasteiger partial charge is 0.345 e. The maximum absolute atomic E-state index is 13.1. The van der Waals surface area contributed by atoms with Crippen molar-refractivity contribution < 1.29 is 13.6 Å². The lowest BCUT2D eigenvalue weighted by Gasteiger charge is -2.15. The molecule has 1 aliphatic rings. The molecule has 1 aliphatic heterocycles. The van der Waals surface area contributed by atoms with Crippen LogP contribution >= 0.6 is 24.8 Å². The molecule has 0 aliphatic carbocycles. The van der Waals surface area contributed by atoms with Gasteiger partial charge in [-0.3, -0.25) is 10.1 Å². The number of aromatic amines is 1. The summed E-state index contributed by atoms with van der Waals surface area (Å²) in [5.74, 6) is -2.64. The van der Waals surface area contributed by atoms with E-state index >= 15 is 0 Å². The lowest BCUT2D eigenvalue weighted by Crippen LogP contribution is -2.41. The second kappa shape index (κ2) is 7.42. The molecule has 0 radical (unpaired) electrons. The molecule has 3 rings (SSSR count). The molecule has 1 aromatic heterocycles. The molecule has 2 aromatic rings. The summed E-state index contributed by atoms with van der Waals surface area (Å²) in [6.07, 6.45) is -0.467. The van der Waals surface area contributed by atoms with Crippen LogP contribution in [0.1, 0.15) is 25.2 Å². The fraction of sp³-hybridized carbons (Fsp3) is 0.429. The highest BCUT2D eigenvalue weighted by molar-refractivity contribution is 5.85. The molecular weight excluding hydrogens is 349 g/mol. The van der Waals surface area contributed by atoms with Crippen molar-refractivity contribution in [3.05, 3.63) is 30.1 Å². The molecule has 1 saturated heterocycles. The Kier molecular flexibility index (Phi) is 6.33. The summed E-state index contributed by atoms with van der Waals surface area (Å²) in [5.41, 5.74) is 1.68. The second-order valence-corrected chi connectivity index (χ2v) is 5.36. The smallest absolute Gasteiger partial charge is 0.262 e. The van der Waals surface area contributed by atoms with Crippen LogP contribution in [-0.2, 0) is 4.79 Å². The van der Waals surface area contributed by atoms with E-state index in [1.807, 2.05) is 24.3 Å². The molecule has 5 nitrogen and oxygen atoms in total. The molecule has 1 aromatic carbocycles. The monoisotopic (exact) mass is 366 g/mol. The second-order valence-electron chi connectivity index (χ2n) is 5.36. The van der Waals surface area contributed by atoms with E-state index in [2.05, 4.69) is 20.6 Å². The van der Waals surface area contributed by atoms with Crippen molar-refractivity contribution >= 4 is 41.8 Å². The minimum absolute atomic E-state index is 0. The molecule has 1 amide bonds. The quantitative estimate of drug-likeness (QED) is 0.781. The molecule has 2 atom stereocenters. The summed E-state index contributed by atoms with van der Waals surface area (Å²) in [5, 5.41) is 5.25. The van der Waals surface area contributed by atoms with Gasteiger partial charge in [0.05, 0.1) is 29.7 Å². The van der Waals surface area contributed by atoms with Crippen LogP contribution in [0.15, 0.2) is 24.3 Å². The van der Waals surface area contributed by atoms with Gasteiger partial charge in [-0.15, -0.1) is 24.8 Å². The molecular formula is C14H18Cl2F2N4O. The van der Waals surface area contributed by atoms with Crippen molar-refractivity contribution in [1.82, 2.24) is 20.6 Å². The van der Waals surface area contributed by atoms with Gasteiger partial charge in [-0.2, -0.15) is 0 Å². The zero-order valence-electron chi connectivity index (χ0n) is 12.3. The topological polar surface area (TPSA) is 69.8 Å². The number of carbonyl (C=O) groups is 1. The Morgan fingerprint density at radius 3 is 2.70 bits per heavy atom. The highest BCUT2D eigenvalue weighted by Gasteiger charge is 2.42. The average molecular weight is 367 g/mol. The fourth-order valence-corrected chi connectivity index (χ4v) is 2.46. The first-order valence-corrected chi connectivity index (χ1v) is 6.81. The summed E-state index contributed by atoms with van der Waals surface area (Å²) >= 11 is 0. The Morgan fingerprint density at radius 2 is 2.09 bits per heavy atom. The van der Waals surface area contributed by atoms with Crippen LogP contribution < -0.4 is 10.6 Å². The van der Waals surface area contributed by atoms with Gasteiger partial charge in [0.2, 0.25) is 5.91 Å². The van der Waals surface area contributed by atoms with Crippen LogP contribution in [-0.4, -0.2) is 34.4 Å². The summed E-state index contributed by atoms with van der Waals surface area (Å²) < 4.78 is 26.2. The van der Waals surface area contributed by atoms with Crippen LogP contribution in [0.5, 0.6) is 0 Å². The van der Waals surface area contributed by atoms with E-state index in [0.717, 1.165) is 11.0 Å². The molecule has 2 heterocycles. The number of imidazole rings is 1. The van der Waals surface area contributed by atoms with Crippen molar-refractivity contribution in [2.24, 2.45) is 0 Å². The lowest BCUT2D eigenvalue weighted by molar-refractivity contribution is -0.124. The van der Waals surface area contributed by atoms with Crippen LogP contribution in [0.2, 0.25) is 0 Å². The zero-order valence-corrected chi connectivity index (χ0v) is 13.9. The van der Waals surface area contributed by atoms with Gasteiger partial charge in [0, 0.05) is 6.42 Å². The molecule has 128 valence electrons. The minimum Gasteiger partial charge on any atom is -0.345 e. The van der Waals surface area contributed by atoms with Gasteiger partial charge in [-0.25, -0.2) is 13.8 Å². The number of carbonyl (C=O) groups excluding carboxylic acids is 1. The van der Waals surface area contributed by atoms with Gasteiger partial charge >= 0.3 is 0 Å². The molecule has 9 heteroatoms. The van der Waals surface area contributed by atoms with Crippen molar-refractivity contribution in [3.8, 4) is 0 Å². The summed E-state index contributed by atoms with van der Waals surface area (Å²) in [6.45, 7) is 1.31. The van der Waals surface area contributed by atoms with E-state index in [9.17, 15) is 13.6 Å². The number of hydrogen-bond donors (Lipinski definition) is 3. The van der Waals surface area contributed by atoms with Gasteiger partial charge in [-0.1, -0.05) is 12.1 Å². The molecule has 2 unspecified atom stereocenters. The van der Waals surface area contributed by atoms with Crippen LogP contribution in [0, 0.1) is 0 Å². The first-order valence-electron chi connectivity index (χ1n) is 6.81. The Morgan fingerprint density at radius 1 is 1.39 bits per heavy atom. The third kappa shape index (κ3) is 4.31. The minimum atomic E-state index is -2.81. The average Bonchev–Trinajstić information content (AvgIpc) is 3.01. The Labute approximate surface area is 144 Å². The van der Waals surface area contributed by atoms with Gasteiger partial charge in [0.1, 0.15) is 5.82 Å². The predicted molar refractivity (Wildman–Crippen MR) is 88.5 cm³/mol. The number of amides is 1. The number of aromatic nitrogens is 2. The van der Waals surface area contributed by atoms with Crippen LogP contribution in [0.3, 0.4) is 0 Å². The van der Waals surface area contributed by atoms with Crippen molar-refractivity contribution in [2.75, 3.05) is 6.54 Å². The lowest BCUT2D eigenvalue weighted by atomic mass is 10.1. The number of rotatable bonds is 3. The number of hydrogen-bond acceptors (Lipinski definition) is 3. The van der Waals surface area contributed by atoms with Crippen LogP contribution in [0.25, 0.3) is 11.0 Å². The number of halogens is 4. The van der Waals surface area contributed by atoms with Crippen LogP contribution in [0.4, 0.5) is 8.78 Å². The van der Waals surface area contributed by atoms with E-state index in [1.165, 1.54) is 0 Å². The molecule has 23 heavy (non-hydrogen) atoms. The number of para-hydroxylation sites is 2. The SMILES string of the molecule is CC(NC(=O)C1CC(F)(F)CN1)c1nc2ccccc2[nH]1.Cl.Cl. The number of nitrogens with zero attached hydrogens (tertiary/aromatic N) is 1. The molecule has 3 N–H and O–H groups in total. The van der Waals surface area contributed by atoms with E-state index < -0.39 is 30.8 Å². The number of benzene rings is 1. The predicted octanol–water partition coefficient (Wildman–Crippen LogP) is 2.58. The van der Waals surface area contributed by atoms with Gasteiger partial charge < -0.3 is 10.3 Å². The molecule has 0 bridgehead atoms. The van der Waals surface area contributed by atoms with Crippen molar-refractivity contribution in [1.29, 1.82) is 0 Å². The van der Waals surface area contributed by atoms with Gasteiger partial charge in [0.15, 0.2) is 0 Å². The molecule has 0 saturated carbocycles. The summed E-state index contributed by atoms with van der Waals surface area (Å²) in [6, 6.07) is 6.29. The van der Waals surface area contributed by atoms with Crippen molar-refractivity contribution in [2.45, 2.75) is 31.4 Å². The number of fused-ring (bicyclic) bond motifs is 1. The van der Waals surface area contributed by atoms with Gasteiger partial charge in [-0.05, 0) is 19.1 Å². The van der Waals surface area contributed by atoms with E-state index in [4.69, 9.17) is 0 Å². The summed E-state index contributed by atoms with van der Waals surface area (Å²) in [7, 11) is 0. The first-order chi connectivity index (χ1) is 9.94.